The lowest BCUT2D eigenvalue weighted by atomic mass is 10.2. The smallest absolute Gasteiger partial charge is 0.274 e. The van der Waals surface area contributed by atoms with Crippen molar-refractivity contribution in [3.8, 4) is 5.75 Å². The van der Waals surface area contributed by atoms with Crippen molar-refractivity contribution in [1.82, 2.24) is 4.98 Å². The number of benzene rings is 2. The number of pyridine rings is 1. The summed E-state index contributed by atoms with van der Waals surface area (Å²) in [5.74, 6) is -0.00166. The topological polar surface area (TPSA) is 63.2 Å². The third-order valence-corrected chi connectivity index (χ3v) is 3.44. The molecular weight excluding hydrogens is 321 g/mol. The number of aromatic nitrogens is 1. The van der Waals surface area contributed by atoms with Crippen molar-refractivity contribution < 1.29 is 13.9 Å². The highest BCUT2D eigenvalue weighted by molar-refractivity contribution is 6.03. The second-order valence-electron chi connectivity index (χ2n) is 5.25. The fraction of sp³-hybridized carbons (Fsp3) is 0.0526. The number of halogens is 1. The second-order valence-corrected chi connectivity index (χ2v) is 5.25. The fourth-order valence-electron chi connectivity index (χ4n) is 2.23. The SMILES string of the molecule is COc1cccc(NC(=O)c2ccc(Nc3cccc(F)c3)cn2)c1. The molecule has 0 fully saturated rings. The van der Waals surface area contributed by atoms with Gasteiger partial charge in [-0.15, -0.1) is 0 Å². The molecule has 0 radical (unpaired) electrons. The van der Waals surface area contributed by atoms with Gasteiger partial charge in [-0.2, -0.15) is 0 Å². The second kappa shape index (κ2) is 7.44. The van der Waals surface area contributed by atoms with Crippen molar-refractivity contribution in [2.75, 3.05) is 17.7 Å². The van der Waals surface area contributed by atoms with Crippen LogP contribution in [0, 0.1) is 5.82 Å². The summed E-state index contributed by atoms with van der Waals surface area (Å²) in [6.45, 7) is 0. The summed E-state index contributed by atoms with van der Waals surface area (Å²) < 4.78 is 18.3. The van der Waals surface area contributed by atoms with E-state index in [4.69, 9.17) is 4.74 Å². The summed E-state index contributed by atoms with van der Waals surface area (Å²) in [6, 6.07) is 16.5. The van der Waals surface area contributed by atoms with Gasteiger partial charge in [0.25, 0.3) is 5.91 Å². The minimum absolute atomic E-state index is 0.271. The Balaban J connectivity index is 1.67. The number of ether oxygens (including phenoxy) is 1. The molecule has 0 saturated heterocycles. The van der Waals surface area contributed by atoms with Crippen LogP contribution in [0.4, 0.5) is 21.5 Å². The van der Waals surface area contributed by atoms with Gasteiger partial charge in [0.1, 0.15) is 17.3 Å². The Labute approximate surface area is 144 Å². The maximum Gasteiger partial charge on any atom is 0.274 e. The molecule has 0 bridgehead atoms. The number of methoxy groups -OCH3 is 1. The highest BCUT2D eigenvalue weighted by Crippen LogP contribution is 2.19. The predicted molar refractivity (Wildman–Crippen MR) is 94.9 cm³/mol. The first-order valence-electron chi connectivity index (χ1n) is 7.58. The summed E-state index contributed by atoms with van der Waals surface area (Å²) in [6.07, 6.45) is 1.52. The van der Waals surface area contributed by atoms with Gasteiger partial charge in [0.15, 0.2) is 0 Å². The highest BCUT2D eigenvalue weighted by atomic mass is 19.1. The molecule has 2 aromatic carbocycles. The first-order chi connectivity index (χ1) is 12.1. The van der Waals surface area contributed by atoms with Crippen LogP contribution in [0.3, 0.4) is 0 Å². The third-order valence-electron chi connectivity index (χ3n) is 3.44. The van der Waals surface area contributed by atoms with Gasteiger partial charge in [-0.1, -0.05) is 12.1 Å². The van der Waals surface area contributed by atoms with Crippen molar-refractivity contribution in [2.45, 2.75) is 0 Å². The van der Waals surface area contributed by atoms with Crippen LogP contribution in [0.15, 0.2) is 66.9 Å². The lowest BCUT2D eigenvalue weighted by molar-refractivity contribution is 0.102. The average molecular weight is 337 g/mol. The van der Waals surface area contributed by atoms with E-state index in [0.717, 1.165) is 0 Å². The van der Waals surface area contributed by atoms with Gasteiger partial charge in [0, 0.05) is 17.4 Å². The van der Waals surface area contributed by atoms with E-state index in [2.05, 4.69) is 15.6 Å². The largest absolute Gasteiger partial charge is 0.497 e. The van der Waals surface area contributed by atoms with Crippen LogP contribution in [0.1, 0.15) is 10.5 Å². The Morgan fingerprint density at radius 1 is 1.00 bits per heavy atom. The molecule has 2 N–H and O–H groups in total. The van der Waals surface area contributed by atoms with Crippen molar-refractivity contribution in [3.63, 3.8) is 0 Å². The predicted octanol–water partition coefficient (Wildman–Crippen LogP) is 4.23. The molecule has 0 aliphatic heterocycles. The first-order valence-corrected chi connectivity index (χ1v) is 7.58. The summed E-state index contributed by atoms with van der Waals surface area (Å²) in [4.78, 5) is 16.4. The van der Waals surface area contributed by atoms with Gasteiger partial charge in [-0.3, -0.25) is 4.79 Å². The van der Waals surface area contributed by atoms with Crippen molar-refractivity contribution in [1.29, 1.82) is 0 Å². The number of amides is 1. The molecule has 1 amide bonds. The maximum absolute atomic E-state index is 13.2. The minimum Gasteiger partial charge on any atom is -0.497 e. The quantitative estimate of drug-likeness (QED) is 0.731. The van der Waals surface area contributed by atoms with Gasteiger partial charge >= 0.3 is 0 Å². The average Bonchev–Trinajstić information content (AvgIpc) is 2.62. The van der Waals surface area contributed by atoms with Crippen LogP contribution >= 0.6 is 0 Å². The normalized spacial score (nSPS) is 10.2. The van der Waals surface area contributed by atoms with Gasteiger partial charge in [-0.05, 0) is 42.5 Å². The van der Waals surface area contributed by atoms with Gasteiger partial charge < -0.3 is 15.4 Å². The fourth-order valence-corrected chi connectivity index (χ4v) is 2.23. The van der Waals surface area contributed by atoms with E-state index in [1.165, 1.54) is 18.3 Å². The molecule has 6 heteroatoms. The van der Waals surface area contributed by atoms with Crippen LogP contribution in [0.5, 0.6) is 5.75 Å². The molecule has 0 aliphatic rings. The number of nitrogens with one attached hydrogen (secondary N) is 2. The lowest BCUT2D eigenvalue weighted by Gasteiger charge is -2.08. The number of anilines is 3. The Kier molecular flexibility index (Phi) is 4.89. The zero-order valence-electron chi connectivity index (χ0n) is 13.5. The number of carbonyl (C=O) groups is 1. The molecular formula is C19H16FN3O2. The van der Waals surface area contributed by atoms with Crippen LogP contribution in [-0.2, 0) is 0 Å². The number of nitrogens with zero attached hydrogens (tertiary/aromatic N) is 1. The molecule has 1 aromatic heterocycles. The molecule has 0 spiro atoms. The van der Waals surface area contributed by atoms with Gasteiger partial charge in [0.2, 0.25) is 0 Å². The first kappa shape index (κ1) is 16.4. The molecule has 0 saturated carbocycles. The van der Waals surface area contributed by atoms with Gasteiger partial charge in [-0.25, -0.2) is 9.37 Å². The molecule has 3 rings (SSSR count). The highest BCUT2D eigenvalue weighted by Gasteiger charge is 2.08. The van der Waals surface area contributed by atoms with Crippen molar-refractivity contribution >= 4 is 23.0 Å². The maximum atomic E-state index is 13.2. The van der Waals surface area contributed by atoms with E-state index in [1.54, 1.807) is 55.6 Å². The Hall–Kier alpha value is -3.41. The summed E-state index contributed by atoms with van der Waals surface area (Å²) >= 11 is 0. The van der Waals surface area contributed by atoms with E-state index < -0.39 is 0 Å². The lowest BCUT2D eigenvalue weighted by Crippen LogP contribution is -2.13. The van der Waals surface area contributed by atoms with Crippen LogP contribution < -0.4 is 15.4 Å². The number of hydrogen-bond acceptors (Lipinski definition) is 4. The Morgan fingerprint density at radius 3 is 2.52 bits per heavy atom. The molecule has 5 nitrogen and oxygen atoms in total. The number of rotatable bonds is 5. The standard InChI is InChI=1S/C19H16FN3O2/c1-25-17-7-3-6-15(11-17)23-19(24)18-9-8-16(12-21-18)22-14-5-2-4-13(20)10-14/h2-12,22H,1H3,(H,23,24). The summed E-state index contributed by atoms with van der Waals surface area (Å²) in [5, 5.41) is 5.78. The summed E-state index contributed by atoms with van der Waals surface area (Å²) in [7, 11) is 1.56. The molecule has 1 heterocycles. The third kappa shape index (κ3) is 4.32. The van der Waals surface area contributed by atoms with Crippen LogP contribution in [0.2, 0.25) is 0 Å². The molecule has 0 unspecified atom stereocenters. The van der Waals surface area contributed by atoms with E-state index >= 15 is 0 Å². The molecule has 3 aromatic rings. The zero-order chi connectivity index (χ0) is 17.6. The van der Waals surface area contributed by atoms with E-state index in [1.807, 2.05) is 0 Å². The Bertz CT molecular complexity index is 882. The van der Waals surface area contributed by atoms with Gasteiger partial charge in [0.05, 0.1) is 19.0 Å². The molecule has 126 valence electrons. The van der Waals surface area contributed by atoms with Crippen LogP contribution in [0.25, 0.3) is 0 Å². The monoisotopic (exact) mass is 337 g/mol. The van der Waals surface area contributed by atoms with Crippen molar-refractivity contribution in [2.24, 2.45) is 0 Å². The number of carbonyl (C=O) groups excluding carboxylic acids is 1. The molecule has 0 aliphatic carbocycles. The molecule has 25 heavy (non-hydrogen) atoms. The molecule has 0 atom stereocenters. The van der Waals surface area contributed by atoms with Crippen LogP contribution in [-0.4, -0.2) is 18.0 Å². The zero-order valence-corrected chi connectivity index (χ0v) is 13.5. The number of hydrogen-bond donors (Lipinski definition) is 2. The minimum atomic E-state index is -0.328. The van der Waals surface area contributed by atoms with Crippen molar-refractivity contribution in [3.05, 3.63) is 78.4 Å². The Morgan fingerprint density at radius 2 is 1.80 bits per heavy atom. The van der Waals surface area contributed by atoms with E-state index in [-0.39, 0.29) is 17.4 Å². The van der Waals surface area contributed by atoms with E-state index in [0.29, 0.717) is 22.8 Å². The van der Waals surface area contributed by atoms with E-state index in [9.17, 15) is 9.18 Å². The summed E-state index contributed by atoms with van der Waals surface area (Å²) in [5.41, 5.74) is 2.15.